The maximum absolute atomic E-state index is 12.9. The molecule has 2 amide bonds. The molecule has 0 radical (unpaired) electrons. The van der Waals surface area contributed by atoms with Crippen molar-refractivity contribution in [2.45, 2.75) is 25.7 Å². The molecule has 0 unspecified atom stereocenters. The van der Waals surface area contributed by atoms with Gasteiger partial charge in [-0.2, -0.15) is 0 Å². The number of carbonyl (C=O) groups is 3. The van der Waals surface area contributed by atoms with Gasteiger partial charge in [0.15, 0.2) is 0 Å². The minimum absolute atomic E-state index is 0.0407. The lowest BCUT2D eigenvalue weighted by Gasteiger charge is -2.28. The zero-order valence-corrected chi connectivity index (χ0v) is 15.1. The van der Waals surface area contributed by atoms with Crippen LogP contribution in [0.1, 0.15) is 36.0 Å². The Morgan fingerprint density at radius 3 is 2.33 bits per heavy atom. The standard InChI is InChI=1S/C21H24N2O4/c24-19(17-13-8-9-14(12-13)18(17)21(26)27)22-16-7-3-2-6-15(16)20(25)23-10-4-1-5-11-23/h2-3,6-9,13-14,17-18H,1,4-5,10-12H2,(H,22,24)(H,26,27)/t13-,14-,17+,18-/m0/s1. The highest BCUT2D eigenvalue weighted by molar-refractivity contribution is 6.05. The van der Waals surface area contributed by atoms with Gasteiger partial charge in [0.2, 0.25) is 5.91 Å². The summed E-state index contributed by atoms with van der Waals surface area (Å²) in [7, 11) is 0. The van der Waals surface area contributed by atoms with Crippen LogP contribution < -0.4 is 5.32 Å². The number of rotatable bonds is 4. The first-order valence-electron chi connectivity index (χ1n) is 9.66. The van der Waals surface area contributed by atoms with Crippen molar-refractivity contribution in [3.05, 3.63) is 42.0 Å². The van der Waals surface area contributed by atoms with E-state index in [1.54, 1.807) is 24.3 Å². The van der Waals surface area contributed by atoms with Gasteiger partial charge in [-0.1, -0.05) is 24.3 Å². The molecule has 142 valence electrons. The Labute approximate surface area is 158 Å². The number of allylic oxidation sites excluding steroid dienone is 2. The number of aliphatic carboxylic acids is 1. The first kappa shape index (κ1) is 17.8. The molecule has 1 aliphatic heterocycles. The van der Waals surface area contributed by atoms with Gasteiger partial charge in [0.25, 0.3) is 5.91 Å². The van der Waals surface area contributed by atoms with E-state index >= 15 is 0 Å². The summed E-state index contributed by atoms with van der Waals surface area (Å²) in [6, 6.07) is 7.00. The first-order valence-corrected chi connectivity index (χ1v) is 9.66. The molecule has 4 rings (SSSR count). The zero-order chi connectivity index (χ0) is 19.0. The van der Waals surface area contributed by atoms with Crippen LogP contribution in [0.25, 0.3) is 0 Å². The summed E-state index contributed by atoms with van der Waals surface area (Å²) in [6.45, 7) is 1.47. The van der Waals surface area contributed by atoms with E-state index in [1.165, 1.54) is 0 Å². The van der Waals surface area contributed by atoms with Gasteiger partial charge in [0, 0.05) is 13.1 Å². The van der Waals surface area contributed by atoms with Crippen molar-refractivity contribution >= 4 is 23.5 Å². The SMILES string of the molecule is O=C(O)[C@@H]1[C@H](C(=O)Nc2ccccc2C(=O)N2CCCCC2)[C@H]2C=C[C@H]1C2. The van der Waals surface area contributed by atoms with E-state index < -0.39 is 17.8 Å². The molecule has 4 atom stereocenters. The summed E-state index contributed by atoms with van der Waals surface area (Å²) in [4.78, 5) is 39.3. The smallest absolute Gasteiger partial charge is 0.307 e. The Kier molecular flexibility index (Phi) is 4.72. The molecule has 27 heavy (non-hydrogen) atoms. The number of likely N-dealkylation sites (tertiary alicyclic amines) is 1. The topological polar surface area (TPSA) is 86.7 Å². The maximum Gasteiger partial charge on any atom is 0.307 e. The van der Waals surface area contributed by atoms with E-state index in [9.17, 15) is 19.5 Å². The summed E-state index contributed by atoms with van der Waals surface area (Å²) in [5.74, 6) is -2.70. The molecule has 6 nitrogen and oxygen atoms in total. The first-order chi connectivity index (χ1) is 13.1. The van der Waals surface area contributed by atoms with Gasteiger partial charge in [-0.15, -0.1) is 0 Å². The van der Waals surface area contributed by atoms with Crippen molar-refractivity contribution in [3.8, 4) is 0 Å². The number of carboxylic acids is 1. The van der Waals surface area contributed by atoms with Gasteiger partial charge in [-0.25, -0.2) is 0 Å². The summed E-state index contributed by atoms with van der Waals surface area (Å²) in [5, 5.41) is 12.4. The average molecular weight is 368 g/mol. The number of nitrogens with zero attached hydrogens (tertiary/aromatic N) is 1. The fraction of sp³-hybridized carbons (Fsp3) is 0.476. The van der Waals surface area contributed by atoms with Gasteiger partial charge in [-0.3, -0.25) is 14.4 Å². The molecule has 1 saturated heterocycles. The molecule has 0 spiro atoms. The summed E-state index contributed by atoms with van der Waals surface area (Å²) < 4.78 is 0. The van der Waals surface area contributed by atoms with Crippen LogP contribution in [0, 0.1) is 23.7 Å². The highest BCUT2D eigenvalue weighted by atomic mass is 16.4. The number of hydrogen-bond donors (Lipinski definition) is 2. The van der Waals surface area contributed by atoms with Crippen LogP contribution in [-0.4, -0.2) is 40.9 Å². The molecule has 2 bridgehead atoms. The molecule has 0 aromatic heterocycles. The molecule has 6 heteroatoms. The number of piperidine rings is 1. The van der Waals surface area contributed by atoms with Crippen LogP contribution in [0.15, 0.2) is 36.4 Å². The van der Waals surface area contributed by atoms with Crippen molar-refractivity contribution in [1.29, 1.82) is 0 Å². The van der Waals surface area contributed by atoms with E-state index in [1.807, 2.05) is 17.1 Å². The lowest BCUT2D eigenvalue weighted by Crippen LogP contribution is -2.38. The Bertz CT molecular complexity index is 797. The van der Waals surface area contributed by atoms with Crippen molar-refractivity contribution in [1.82, 2.24) is 4.90 Å². The number of para-hydroxylation sites is 1. The molecule has 2 N–H and O–H groups in total. The van der Waals surface area contributed by atoms with E-state index in [2.05, 4.69) is 5.32 Å². The minimum atomic E-state index is -0.926. The van der Waals surface area contributed by atoms with Gasteiger partial charge in [0.1, 0.15) is 0 Å². The second-order valence-electron chi connectivity index (χ2n) is 7.73. The number of anilines is 1. The Hall–Kier alpha value is -2.63. The van der Waals surface area contributed by atoms with Crippen molar-refractivity contribution < 1.29 is 19.5 Å². The fourth-order valence-corrected chi connectivity index (χ4v) is 4.78. The number of nitrogens with one attached hydrogen (secondary N) is 1. The molecular weight excluding hydrogens is 344 g/mol. The van der Waals surface area contributed by atoms with Crippen LogP contribution in [0.3, 0.4) is 0 Å². The monoisotopic (exact) mass is 368 g/mol. The molecule has 2 fully saturated rings. The molecule has 1 heterocycles. The van der Waals surface area contributed by atoms with Crippen molar-refractivity contribution in [3.63, 3.8) is 0 Å². The summed E-state index contributed by atoms with van der Waals surface area (Å²) >= 11 is 0. The zero-order valence-electron chi connectivity index (χ0n) is 15.1. The van der Waals surface area contributed by atoms with Crippen LogP contribution in [0.2, 0.25) is 0 Å². The molecular formula is C21H24N2O4. The van der Waals surface area contributed by atoms with Crippen molar-refractivity contribution in [2.24, 2.45) is 23.7 Å². The largest absolute Gasteiger partial charge is 0.481 e. The van der Waals surface area contributed by atoms with Gasteiger partial charge in [0.05, 0.1) is 23.1 Å². The number of benzene rings is 1. The summed E-state index contributed by atoms with van der Waals surface area (Å²) in [6.07, 6.45) is 7.72. The fourth-order valence-electron chi connectivity index (χ4n) is 4.78. The van der Waals surface area contributed by atoms with Crippen LogP contribution in [-0.2, 0) is 9.59 Å². The number of hydrogen-bond acceptors (Lipinski definition) is 3. The number of fused-ring (bicyclic) bond motifs is 2. The third kappa shape index (κ3) is 3.24. The van der Waals surface area contributed by atoms with E-state index in [4.69, 9.17) is 0 Å². The van der Waals surface area contributed by atoms with Crippen LogP contribution >= 0.6 is 0 Å². The van der Waals surface area contributed by atoms with E-state index in [0.717, 1.165) is 32.4 Å². The molecule has 2 aliphatic carbocycles. The van der Waals surface area contributed by atoms with Crippen molar-refractivity contribution in [2.75, 3.05) is 18.4 Å². The molecule has 3 aliphatic rings. The predicted octanol–water partition coefficient (Wildman–Crippen LogP) is 2.77. The Balaban J connectivity index is 1.54. The maximum atomic E-state index is 12.9. The number of carbonyl (C=O) groups excluding carboxylic acids is 2. The van der Waals surface area contributed by atoms with Crippen LogP contribution in [0.4, 0.5) is 5.69 Å². The second-order valence-corrected chi connectivity index (χ2v) is 7.73. The minimum Gasteiger partial charge on any atom is -0.481 e. The van der Waals surface area contributed by atoms with Gasteiger partial charge >= 0.3 is 5.97 Å². The quantitative estimate of drug-likeness (QED) is 0.800. The second kappa shape index (κ2) is 7.18. The molecule has 1 aromatic carbocycles. The average Bonchev–Trinajstić information content (AvgIpc) is 3.30. The lowest BCUT2D eigenvalue weighted by atomic mass is 9.82. The third-order valence-corrected chi connectivity index (χ3v) is 6.11. The normalized spacial score (nSPS) is 29.0. The van der Waals surface area contributed by atoms with Crippen LogP contribution in [0.5, 0.6) is 0 Å². The molecule has 1 aromatic rings. The van der Waals surface area contributed by atoms with Gasteiger partial charge in [-0.05, 0) is 49.7 Å². The Morgan fingerprint density at radius 1 is 0.963 bits per heavy atom. The molecule has 1 saturated carbocycles. The highest BCUT2D eigenvalue weighted by Crippen LogP contribution is 2.48. The summed E-state index contributed by atoms with van der Waals surface area (Å²) in [5.41, 5.74) is 0.937. The van der Waals surface area contributed by atoms with E-state index in [0.29, 0.717) is 17.7 Å². The van der Waals surface area contributed by atoms with E-state index in [-0.39, 0.29) is 23.7 Å². The third-order valence-electron chi connectivity index (χ3n) is 6.11. The van der Waals surface area contributed by atoms with Gasteiger partial charge < -0.3 is 15.3 Å². The number of amides is 2. The highest BCUT2D eigenvalue weighted by Gasteiger charge is 2.51. The number of carboxylic acid groups (broad SMARTS) is 1. The Morgan fingerprint density at radius 2 is 1.63 bits per heavy atom. The predicted molar refractivity (Wildman–Crippen MR) is 100 cm³/mol. The lowest BCUT2D eigenvalue weighted by molar-refractivity contribution is -0.146.